The topological polar surface area (TPSA) is 124 Å². The second kappa shape index (κ2) is 8.65. The van der Waals surface area contributed by atoms with Gasteiger partial charge in [-0.3, -0.25) is 4.79 Å². The maximum Gasteiger partial charge on any atom is 0.340 e. The van der Waals surface area contributed by atoms with Crippen molar-refractivity contribution in [1.82, 2.24) is 25.2 Å². The average molecular weight is 398 g/mol. The Kier molecular flexibility index (Phi) is 6.03. The molecule has 2 aromatic heterocycles. The van der Waals surface area contributed by atoms with Gasteiger partial charge in [-0.25, -0.2) is 9.48 Å². The molecule has 2 N–H and O–H groups in total. The summed E-state index contributed by atoms with van der Waals surface area (Å²) in [5, 5.41) is 14.0. The van der Waals surface area contributed by atoms with Crippen LogP contribution in [-0.2, 0) is 9.47 Å². The largest absolute Gasteiger partial charge is 0.460 e. The van der Waals surface area contributed by atoms with Gasteiger partial charge in [-0.15, -0.1) is 5.10 Å². The number of carbonyl (C=O) groups excluding carboxylic acids is 2. The first-order chi connectivity index (χ1) is 13.9. The number of aryl methyl sites for hydroxylation is 2. The predicted molar refractivity (Wildman–Crippen MR) is 104 cm³/mol. The molecule has 1 aromatic carbocycles. The lowest BCUT2D eigenvalue weighted by molar-refractivity contribution is 0.0387. The van der Waals surface area contributed by atoms with Crippen LogP contribution in [0.4, 0.5) is 5.69 Å². The number of hydrogen-bond donors (Lipinski definition) is 2. The first-order valence-corrected chi connectivity index (χ1v) is 8.93. The fraction of sp³-hybridized carbons (Fsp3) is 0.316. The smallest absolute Gasteiger partial charge is 0.340 e. The van der Waals surface area contributed by atoms with E-state index in [9.17, 15) is 9.59 Å². The summed E-state index contributed by atoms with van der Waals surface area (Å²) in [4.78, 5) is 28.1. The minimum atomic E-state index is -0.497. The molecule has 3 aromatic rings. The number of rotatable bonds is 7. The lowest BCUT2D eigenvalue weighted by Gasteiger charge is -2.09. The van der Waals surface area contributed by atoms with Gasteiger partial charge in [0.15, 0.2) is 0 Å². The zero-order valence-corrected chi connectivity index (χ0v) is 16.6. The summed E-state index contributed by atoms with van der Waals surface area (Å²) in [6.07, 6.45) is 1.48. The Morgan fingerprint density at radius 3 is 2.69 bits per heavy atom. The van der Waals surface area contributed by atoms with Crippen molar-refractivity contribution in [2.24, 2.45) is 0 Å². The third-order valence-corrected chi connectivity index (χ3v) is 4.45. The van der Waals surface area contributed by atoms with E-state index in [0.717, 1.165) is 11.3 Å². The Balaban J connectivity index is 1.81. The third kappa shape index (κ3) is 4.32. The number of aromatic amines is 1. The first kappa shape index (κ1) is 20.2. The van der Waals surface area contributed by atoms with Gasteiger partial charge in [0.1, 0.15) is 18.6 Å². The van der Waals surface area contributed by atoms with Crippen LogP contribution in [0.15, 0.2) is 24.5 Å². The molecule has 0 aliphatic carbocycles. The van der Waals surface area contributed by atoms with E-state index in [1.54, 1.807) is 26.0 Å². The minimum absolute atomic E-state index is 0.143. The van der Waals surface area contributed by atoms with Crippen molar-refractivity contribution in [2.75, 3.05) is 25.6 Å². The van der Waals surface area contributed by atoms with Gasteiger partial charge in [0.05, 0.1) is 17.9 Å². The Bertz CT molecular complexity index is 1030. The highest BCUT2D eigenvalue weighted by Gasteiger charge is 2.23. The summed E-state index contributed by atoms with van der Waals surface area (Å²) in [7, 11) is 1.53. The van der Waals surface area contributed by atoms with Gasteiger partial charge < -0.3 is 19.8 Å². The molecule has 0 spiro atoms. The standard InChI is InChI=1S/C19H22N6O4/c1-11-5-6-14(9-15(11)25-10-20-23-24-25)22-18(26)17-12(2)16(13(3)21-17)19(27)29-8-7-28-4/h5-6,9-10,21H,7-8H2,1-4H3,(H,22,26). The minimum Gasteiger partial charge on any atom is -0.460 e. The molecule has 0 radical (unpaired) electrons. The number of ether oxygens (including phenoxy) is 2. The number of anilines is 1. The average Bonchev–Trinajstić information content (AvgIpc) is 3.31. The summed E-state index contributed by atoms with van der Waals surface area (Å²) in [5.41, 5.74) is 4.00. The van der Waals surface area contributed by atoms with Gasteiger partial charge in [-0.1, -0.05) is 6.07 Å². The summed E-state index contributed by atoms with van der Waals surface area (Å²) < 4.78 is 11.6. The number of benzene rings is 1. The molecule has 0 aliphatic heterocycles. The van der Waals surface area contributed by atoms with Crippen LogP contribution in [0.2, 0.25) is 0 Å². The summed E-state index contributed by atoms with van der Waals surface area (Å²) in [6, 6.07) is 5.42. The molecule has 0 bridgehead atoms. The van der Waals surface area contributed by atoms with Crippen molar-refractivity contribution in [3.63, 3.8) is 0 Å². The molecule has 0 saturated heterocycles. The second-order valence-corrected chi connectivity index (χ2v) is 6.46. The highest BCUT2D eigenvalue weighted by atomic mass is 16.6. The maximum atomic E-state index is 12.8. The van der Waals surface area contributed by atoms with Crippen LogP contribution in [0.25, 0.3) is 5.69 Å². The Hall–Kier alpha value is -3.53. The van der Waals surface area contributed by atoms with E-state index in [1.807, 2.05) is 13.0 Å². The van der Waals surface area contributed by atoms with Gasteiger partial charge in [0.2, 0.25) is 0 Å². The first-order valence-electron chi connectivity index (χ1n) is 8.93. The number of tetrazole rings is 1. The normalized spacial score (nSPS) is 10.8. The number of H-pyrrole nitrogens is 1. The molecule has 10 nitrogen and oxygen atoms in total. The van der Waals surface area contributed by atoms with Crippen LogP contribution in [0.1, 0.15) is 37.7 Å². The molecule has 29 heavy (non-hydrogen) atoms. The van der Waals surface area contributed by atoms with Crippen molar-refractivity contribution < 1.29 is 19.1 Å². The molecule has 0 unspecified atom stereocenters. The third-order valence-electron chi connectivity index (χ3n) is 4.45. The van der Waals surface area contributed by atoms with Crippen molar-refractivity contribution in [3.8, 4) is 5.69 Å². The summed E-state index contributed by atoms with van der Waals surface area (Å²) in [5.74, 6) is -0.864. The fourth-order valence-corrected chi connectivity index (χ4v) is 2.97. The van der Waals surface area contributed by atoms with Crippen molar-refractivity contribution in [1.29, 1.82) is 0 Å². The number of carbonyl (C=O) groups is 2. The van der Waals surface area contributed by atoms with Crippen LogP contribution in [0.5, 0.6) is 0 Å². The van der Waals surface area contributed by atoms with E-state index in [-0.39, 0.29) is 12.5 Å². The summed E-state index contributed by atoms with van der Waals surface area (Å²) in [6.45, 7) is 5.79. The molecule has 10 heteroatoms. The van der Waals surface area contributed by atoms with Gasteiger partial charge in [0.25, 0.3) is 5.91 Å². The molecule has 0 atom stereocenters. The number of hydrogen-bond acceptors (Lipinski definition) is 7. The highest BCUT2D eigenvalue weighted by molar-refractivity contribution is 6.07. The van der Waals surface area contributed by atoms with Gasteiger partial charge in [0, 0.05) is 18.5 Å². The number of nitrogens with zero attached hydrogens (tertiary/aromatic N) is 4. The lowest BCUT2D eigenvalue weighted by atomic mass is 10.1. The van der Waals surface area contributed by atoms with E-state index in [0.29, 0.717) is 34.8 Å². The van der Waals surface area contributed by atoms with E-state index in [1.165, 1.54) is 18.1 Å². The van der Waals surface area contributed by atoms with Crippen LogP contribution in [-0.4, -0.2) is 57.4 Å². The van der Waals surface area contributed by atoms with Crippen LogP contribution >= 0.6 is 0 Å². The molecule has 2 heterocycles. The van der Waals surface area contributed by atoms with E-state index < -0.39 is 5.97 Å². The SMILES string of the molecule is COCCOC(=O)c1c(C)[nH]c(C(=O)Nc2ccc(C)c(-n3cnnn3)c2)c1C. The monoisotopic (exact) mass is 398 g/mol. The molecular weight excluding hydrogens is 376 g/mol. The quantitative estimate of drug-likeness (QED) is 0.460. The van der Waals surface area contributed by atoms with Crippen LogP contribution < -0.4 is 5.32 Å². The summed E-state index contributed by atoms with van der Waals surface area (Å²) >= 11 is 0. The number of esters is 1. The molecule has 0 fully saturated rings. The predicted octanol–water partition coefficient (Wildman–Crippen LogP) is 1.97. The van der Waals surface area contributed by atoms with Crippen molar-refractivity contribution in [3.05, 3.63) is 52.6 Å². The second-order valence-electron chi connectivity index (χ2n) is 6.46. The van der Waals surface area contributed by atoms with Crippen molar-refractivity contribution >= 4 is 17.6 Å². The van der Waals surface area contributed by atoms with Gasteiger partial charge in [-0.05, 0) is 54.5 Å². The number of nitrogens with one attached hydrogen (secondary N) is 2. The lowest BCUT2D eigenvalue weighted by Crippen LogP contribution is -2.15. The Morgan fingerprint density at radius 2 is 2.00 bits per heavy atom. The number of methoxy groups -OCH3 is 1. The van der Waals surface area contributed by atoms with Crippen LogP contribution in [0.3, 0.4) is 0 Å². The van der Waals surface area contributed by atoms with Gasteiger partial charge >= 0.3 is 5.97 Å². The van der Waals surface area contributed by atoms with Gasteiger partial charge in [-0.2, -0.15) is 0 Å². The van der Waals surface area contributed by atoms with Crippen molar-refractivity contribution in [2.45, 2.75) is 20.8 Å². The molecule has 3 rings (SSSR count). The zero-order valence-electron chi connectivity index (χ0n) is 16.6. The van der Waals surface area contributed by atoms with Crippen LogP contribution in [0, 0.1) is 20.8 Å². The number of amides is 1. The molecule has 152 valence electrons. The molecular formula is C19H22N6O4. The highest BCUT2D eigenvalue weighted by Crippen LogP contribution is 2.22. The molecule has 0 aliphatic rings. The molecule has 1 amide bonds. The zero-order chi connectivity index (χ0) is 21.0. The van der Waals surface area contributed by atoms with E-state index in [4.69, 9.17) is 9.47 Å². The fourth-order valence-electron chi connectivity index (χ4n) is 2.97. The Labute approximate surface area is 167 Å². The van der Waals surface area contributed by atoms with E-state index >= 15 is 0 Å². The number of aromatic nitrogens is 5. The molecule has 0 saturated carbocycles. The Morgan fingerprint density at radius 1 is 1.21 bits per heavy atom. The van der Waals surface area contributed by atoms with E-state index in [2.05, 4.69) is 25.8 Å². The maximum absolute atomic E-state index is 12.8.